The highest BCUT2D eigenvalue weighted by atomic mass is 32.2. The van der Waals surface area contributed by atoms with Crippen LogP contribution in [0.2, 0.25) is 0 Å². The van der Waals surface area contributed by atoms with Crippen molar-refractivity contribution in [1.82, 2.24) is 14.3 Å². The van der Waals surface area contributed by atoms with E-state index in [9.17, 15) is 8.42 Å². The highest BCUT2D eigenvalue weighted by Crippen LogP contribution is 2.21. The van der Waals surface area contributed by atoms with E-state index in [0.717, 1.165) is 22.4 Å². The predicted octanol–water partition coefficient (Wildman–Crippen LogP) is 2.41. The Labute approximate surface area is 147 Å². The molecule has 0 aliphatic carbocycles. The highest BCUT2D eigenvalue weighted by Gasteiger charge is 2.16. The van der Waals surface area contributed by atoms with Crippen LogP contribution in [0.3, 0.4) is 0 Å². The molecule has 0 fully saturated rings. The number of aryl methyl sites for hydroxylation is 2. The largest absolute Gasteiger partial charge is 0.496 e. The topological polar surface area (TPSA) is 73.2 Å². The molecule has 7 heteroatoms. The zero-order valence-corrected chi connectivity index (χ0v) is 15.3. The third-order valence-electron chi connectivity index (χ3n) is 4.20. The van der Waals surface area contributed by atoms with Gasteiger partial charge in [0.25, 0.3) is 0 Å². The van der Waals surface area contributed by atoms with Gasteiger partial charge < -0.3 is 9.30 Å². The minimum atomic E-state index is -3.56. The normalized spacial score (nSPS) is 11.8. The van der Waals surface area contributed by atoms with Crippen LogP contribution in [0.4, 0.5) is 0 Å². The number of aromatic nitrogens is 2. The van der Waals surface area contributed by atoms with Crippen LogP contribution < -0.4 is 9.46 Å². The molecule has 0 amide bonds. The van der Waals surface area contributed by atoms with Crippen LogP contribution in [-0.4, -0.2) is 31.6 Å². The van der Waals surface area contributed by atoms with Gasteiger partial charge in [-0.25, -0.2) is 18.1 Å². The Bertz CT molecular complexity index is 1010. The highest BCUT2D eigenvalue weighted by molar-refractivity contribution is 7.89. The molecule has 1 N–H and O–H groups in total. The lowest BCUT2D eigenvalue weighted by atomic mass is 10.2. The quantitative estimate of drug-likeness (QED) is 0.733. The summed E-state index contributed by atoms with van der Waals surface area (Å²) in [6, 6.07) is 12.7. The predicted molar refractivity (Wildman–Crippen MR) is 97.3 cm³/mol. The monoisotopic (exact) mass is 359 g/mol. The van der Waals surface area contributed by atoms with Crippen molar-refractivity contribution in [2.24, 2.45) is 7.05 Å². The average Bonchev–Trinajstić information content (AvgIpc) is 2.91. The molecule has 0 aliphatic rings. The van der Waals surface area contributed by atoms with Gasteiger partial charge in [0, 0.05) is 20.0 Å². The van der Waals surface area contributed by atoms with E-state index in [4.69, 9.17) is 4.74 Å². The van der Waals surface area contributed by atoms with Gasteiger partial charge in [-0.3, -0.25) is 0 Å². The molecular formula is C18H21N3O3S. The summed E-state index contributed by atoms with van der Waals surface area (Å²) >= 11 is 0. The minimum absolute atomic E-state index is 0.232. The van der Waals surface area contributed by atoms with Crippen LogP contribution in [0.25, 0.3) is 11.0 Å². The zero-order valence-electron chi connectivity index (χ0n) is 14.5. The molecule has 0 spiro atoms. The van der Waals surface area contributed by atoms with E-state index in [1.165, 1.54) is 0 Å². The van der Waals surface area contributed by atoms with Crippen molar-refractivity contribution in [3.8, 4) is 5.75 Å². The fourth-order valence-electron chi connectivity index (χ4n) is 2.82. The molecule has 25 heavy (non-hydrogen) atoms. The lowest BCUT2D eigenvalue weighted by Crippen LogP contribution is -2.26. The molecule has 0 radical (unpaired) electrons. The number of hydrogen-bond donors (Lipinski definition) is 1. The second-order valence-corrected chi connectivity index (χ2v) is 7.62. The van der Waals surface area contributed by atoms with Gasteiger partial charge in [0.05, 0.1) is 23.0 Å². The van der Waals surface area contributed by atoms with E-state index in [1.54, 1.807) is 25.3 Å². The summed E-state index contributed by atoms with van der Waals surface area (Å²) in [4.78, 5) is 4.79. The Morgan fingerprint density at radius 3 is 2.64 bits per heavy atom. The molecule has 0 atom stereocenters. The van der Waals surface area contributed by atoms with Gasteiger partial charge in [-0.2, -0.15) is 0 Å². The first-order chi connectivity index (χ1) is 11.9. The lowest BCUT2D eigenvalue weighted by Gasteiger charge is -2.10. The van der Waals surface area contributed by atoms with Crippen molar-refractivity contribution in [2.45, 2.75) is 18.2 Å². The number of hydrogen-bond acceptors (Lipinski definition) is 4. The fourth-order valence-corrected chi connectivity index (χ4v) is 3.93. The third kappa shape index (κ3) is 3.52. The van der Waals surface area contributed by atoms with E-state index in [0.29, 0.717) is 12.2 Å². The molecule has 0 saturated heterocycles. The van der Waals surface area contributed by atoms with Crippen LogP contribution in [0.5, 0.6) is 5.75 Å². The summed E-state index contributed by atoms with van der Waals surface area (Å²) in [5, 5.41) is 0. The van der Waals surface area contributed by atoms with Crippen LogP contribution in [-0.2, 0) is 23.5 Å². The zero-order chi connectivity index (χ0) is 18.0. The van der Waals surface area contributed by atoms with Gasteiger partial charge in [0.15, 0.2) is 0 Å². The molecule has 6 nitrogen and oxygen atoms in total. The fraction of sp³-hybridized carbons (Fsp3) is 0.278. The summed E-state index contributed by atoms with van der Waals surface area (Å²) in [5.74, 6) is 1.51. The second-order valence-electron chi connectivity index (χ2n) is 5.85. The third-order valence-corrected chi connectivity index (χ3v) is 5.66. The Hall–Kier alpha value is -2.38. The molecule has 132 valence electrons. The molecule has 2 aromatic carbocycles. The maximum absolute atomic E-state index is 12.5. The first-order valence-corrected chi connectivity index (χ1v) is 9.45. The Kier molecular flexibility index (Phi) is 4.78. The van der Waals surface area contributed by atoms with Crippen molar-refractivity contribution in [3.63, 3.8) is 0 Å². The second kappa shape index (κ2) is 6.85. The molecule has 3 aromatic rings. The van der Waals surface area contributed by atoms with Crippen molar-refractivity contribution in [1.29, 1.82) is 0 Å². The van der Waals surface area contributed by atoms with E-state index in [1.807, 2.05) is 42.8 Å². The number of nitrogens with one attached hydrogen (secondary N) is 1. The smallest absolute Gasteiger partial charge is 0.240 e. The number of rotatable bonds is 6. The molecule has 0 aliphatic heterocycles. The van der Waals surface area contributed by atoms with Crippen molar-refractivity contribution in [2.75, 3.05) is 13.7 Å². The number of benzene rings is 2. The lowest BCUT2D eigenvalue weighted by molar-refractivity contribution is 0.411. The number of para-hydroxylation sites is 2. The standard InChI is InChI=1S/C18H21N3O3S/c1-13-12-14(8-9-17(13)24-3)25(22,23)19-11-10-18-20-15-6-4-5-7-16(15)21(18)2/h4-9,12,19H,10-11H2,1-3H3. The Morgan fingerprint density at radius 2 is 1.96 bits per heavy atom. The molecule has 1 heterocycles. The van der Waals surface area contributed by atoms with E-state index in [2.05, 4.69) is 9.71 Å². The van der Waals surface area contributed by atoms with Crippen molar-refractivity contribution >= 4 is 21.1 Å². The Balaban J connectivity index is 1.72. The molecule has 0 bridgehead atoms. The number of methoxy groups -OCH3 is 1. The molecule has 0 unspecified atom stereocenters. The molecule has 0 saturated carbocycles. The average molecular weight is 359 g/mol. The molecule has 3 rings (SSSR count). The van der Waals surface area contributed by atoms with E-state index < -0.39 is 10.0 Å². The van der Waals surface area contributed by atoms with Gasteiger partial charge >= 0.3 is 0 Å². The molecular weight excluding hydrogens is 338 g/mol. The van der Waals surface area contributed by atoms with Crippen LogP contribution in [0.1, 0.15) is 11.4 Å². The van der Waals surface area contributed by atoms with Crippen molar-refractivity contribution in [3.05, 3.63) is 53.9 Å². The van der Waals surface area contributed by atoms with Crippen molar-refractivity contribution < 1.29 is 13.2 Å². The van der Waals surface area contributed by atoms with E-state index in [-0.39, 0.29) is 11.4 Å². The summed E-state index contributed by atoms with van der Waals surface area (Å²) in [7, 11) is -0.0658. The van der Waals surface area contributed by atoms with Crippen LogP contribution >= 0.6 is 0 Å². The maximum Gasteiger partial charge on any atom is 0.240 e. The van der Waals surface area contributed by atoms with Gasteiger partial charge in [0.2, 0.25) is 10.0 Å². The summed E-state index contributed by atoms with van der Waals surface area (Å²) < 4.78 is 34.7. The number of nitrogens with zero attached hydrogens (tertiary/aromatic N) is 2. The van der Waals surface area contributed by atoms with Crippen LogP contribution in [0, 0.1) is 6.92 Å². The number of sulfonamides is 1. The summed E-state index contributed by atoms with van der Waals surface area (Å²) in [6.45, 7) is 2.10. The summed E-state index contributed by atoms with van der Waals surface area (Å²) in [6.07, 6.45) is 0.513. The number of imidazole rings is 1. The number of fused-ring (bicyclic) bond motifs is 1. The molecule has 1 aromatic heterocycles. The first-order valence-electron chi connectivity index (χ1n) is 7.97. The SMILES string of the molecule is COc1ccc(S(=O)(=O)NCCc2nc3ccccc3n2C)cc1C. The number of ether oxygens (including phenoxy) is 1. The van der Waals surface area contributed by atoms with Gasteiger partial charge in [-0.1, -0.05) is 12.1 Å². The van der Waals surface area contributed by atoms with Gasteiger partial charge in [0.1, 0.15) is 11.6 Å². The summed E-state index contributed by atoms with van der Waals surface area (Å²) in [5.41, 5.74) is 2.72. The van der Waals surface area contributed by atoms with Gasteiger partial charge in [-0.05, 0) is 42.8 Å². The van der Waals surface area contributed by atoms with E-state index >= 15 is 0 Å². The first kappa shape index (κ1) is 17.4. The Morgan fingerprint density at radius 1 is 1.20 bits per heavy atom. The maximum atomic E-state index is 12.5. The van der Waals surface area contributed by atoms with Gasteiger partial charge in [-0.15, -0.1) is 0 Å². The minimum Gasteiger partial charge on any atom is -0.496 e. The van der Waals surface area contributed by atoms with Crippen LogP contribution in [0.15, 0.2) is 47.4 Å².